The molecule has 1 aromatic rings. The predicted octanol–water partition coefficient (Wildman–Crippen LogP) is 2.35. The maximum Gasteiger partial charge on any atom is 0.260 e. The summed E-state index contributed by atoms with van der Waals surface area (Å²) in [6.07, 6.45) is 1.76. The smallest absolute Gasteiger partial charge is 0.260 e. The van der Waals surface area contributed by atoms with Crippen molar-refractivity contribution < 1.29 is 9.53 Å². The molecule has 2 rings (SSSR count). The molecule has 0 radical (unpaired) electrons. The van der Waals surface area contributed by atoms with Crippen LogP contribution in [0.2, 0.25) is 0 Å². The summed E-state index contributed by atoms with van der Waals surface area (Å²) in [5.74, 6) is 0.775. The van der Waals surface area contributed by atoms with E-state index in [0.29, 0.717) is 6.04 Å². The van der Waals surface area contributed by atoms with Gasteiger partial charge in [-0.1, -0.05) is 12.1 Å². The maximum atomic E-state index is 11.8. The van der Waals surface area contributed by atoms with Crippen molar-refractivity contribution in [3.8, 4) is 5.75 Å². The summed E-state index contributed by atoms with van der Waals surface area (Å²) < 4.78 is 5.70. The third kappa shape index (κ3) is 3.22. The number of ether oxygens (including phenoxy) is 1. The maximum absolute atomic E-state index is 11.8. The molecule has 0 heterocycles. The standard InChI is InChI=1S/C14H19NO2/c1-9-4-5-10(2)13(8-9)17-11(3)14(16)15-12-6-7-12/h4-5,8,11-12H,6-7H2,1-3H3,(H,15,16)/t11-/m0/s1. The Hall–Kier alpha value is -1.51. The molecule has 1 aliphatic rings. The van der Waals surface area contributed by atoms with E-state index in [2.05, 4.69) is 5.32 Å². The van der Waals surface area contributed by atoms with Crippen molar-refractivity contribution >= 4 is 5.91 Å². The van der Waals surface area contributed by atoms with E-state index in [0.717, 1.165) is 29.7 Å². The Morgan fingerprint density at radius 2 is 2.12 bits per heavy atom. The first kappa shape index (κ1) is 12.0. The Morgan fingerprint density at radius 3 is 2.76 bits per heavy atom. The van der Waals surface area contributed by atoms with E-state index in [1.165, 1.54) is 0 Å². The Kier molecular flexibility index (Phi) is 3.36. The average Bonchev–Trinajstić information content (AvgIpc) is 3.07. The molecule has 1 saturated carbocycles. The molecule has 1 amide bonds. The van der Waals surface area contributed by atoms with E-state index < -0.39 is 6.10 Å². The van der Waals surface area contributed by atoms with Gasteiger partial charge >= 0.3 is 0 Å². The third-order valence-electron chi connectivity index (χ3n) is 2.94. The van der Waals surface area contributed by atoms with E-state index in [9.17, 15) is 4.79 Å². The molecule has 1 atom stereocenters. The van der Waals surface area contributed by atoms with Crippen molar-refractivity contribution in [3.05, 3.63) is 29.3 Å². The fourth-order valence-electron chi connectivity index (χ4n) is 1.62. The second kappa shape index (κ2) is 4.78. The second-order valence-corrected chi connectivity index (χ2v) is 4.81. The van der Waals surface area contributed by atoms with Gasteiger partial charge in [0.05, 0.1) is 0 Å². The van der Waals surface area contributed by atoms with Crippen LogP contribution in [0, 0.1) is 13.8 Å². The van der Waals surface area contributed by atoms with Crippen LogP contribution >= 0.6 is 0 Å². The molecule has 0 spiro atoms. The van der Waals surface area contributed by atoms with Crippen molar-refractivity contribution in [2.24, 2.45) is 0 Å². The van der Waals surface area contributed by atoms with Gasteiger partial charge < -0.3 is 10.1 Å². The van der Waals surface area contributed by atoms with Gasteiger partial charge in [0.1, 0.15) is 5.75 Å². The lowest BCUT2D eigenvalue weighted by Crippen LogP contribution is -2.37. The van der Waals surface area contributed by atoms with Gasteiger partial charge in [-0.2, -0.15) is 0 Å². The highest BCUT2D eigenvalue weighted by Gasteiger charge is 2.26. The van der Waals surface area contributed by atoms with Gasteiger partial charge in [-0.15, -0.1) is 0 Å². The number of carbonyl (C=O) groups excluding carboxylic acids is 1. The Bertz CT molecular complexity index is 424. The first-order chi connectivity index (χ1) is 8.06. The minimum atomic E-state index is -0.434. The summed E-state index contributed by atoms with van der Waals surface area (Å²) in [6, 6.07) is 6.40. The molecule has 0 aromatic heterocycles. The van der Waals surface area contributed by atoms with Crippen LogP contribution < -0.4 is 10.1 Å². The minimum absolute atomic E-state index is 0.0200. The molecule has 17 heavy (non-hydrogen) atoms. The highest BCUT2D eigenvalue weighted by atomic mass is 16.5. The summed E-state index contributed by atoms with van der Waals surface area (Å²) >= 11 is 0. The van der Waals surface area contributed by atoms with Gasteiger partial charge in [0, 0.05) is 6.04 Å². The SMILES string of the molecule is Cc1ccc(C)c(O[C@@H](C)C(=O)NC2CC2)c1. The molecule has 0 aliphatic heterocycles. The van der Waals surface area contributed by atoms with Gasteiger partial charge in [0.15, 0.2) is 6.10 Å². The summed E-state index contributed by atoms with van der Waals surface area (Å²) in [5, 5.41) is 2.94. The molecule has 92 valence electrons. The first-order valence-corrected chi connectivity index (χ1v) is 6.10. The van der Waals surface area contributed by atoms with Crippen LogP contribution in [0.25, 0.3) is 0 Å². The van der Waals surface area contributed by atoms with Crippen LogP contribution in [0.3, 0.4) is 0 Å². The molecule has 0 unspecified atom stereocenters. The number of amides is 1. The predicted molar refractivity (Wildman–Crippen MR) is 67.2 cm³/mol. The van der Waals surface area contributed by atoms with E-state index >= 15 is 0 Å². The first-order valence-electron chi connectivity index (χ1n) is 6.10. The Labute approximate surface area is 102 Å². The van der Waals surface area contributed by atoms with Crippen molar-refractivity contribution in [2.75, 3.05) is 0 Å². The number of nitrogens with one attached hydrogen (secondary N) is 1. The highest BCUT2D eigenvalue weighted by Crippen LogP contribution is 2.22. The number of benzene rings is 1. The zero-order chi connectivity index (χ0) is 12.4. The lowest BCUT2D eigenvalue weighted by molar-refractivity contribution is -0.127. The van der Waals surface area contributed by atoms with Crippen molar-refractivity contribution in [1.29, 1.82) is 0 Å². The molecule has 3 heteroatoms. The number of hydrogen-bond acceptors (Lipinski definition) is 2. The van der Waals surface area contributed by atoms with E-state index in [4.69, 9.17) is 4.74 Å². The third-order valence-corrected chi connectivity index (χ3v) is 2.94. The topological polar surface area (TPSA) is 38.3 Å². The van der Waals surface area contributed by atoms with Gasteiger partial charge in [-0.3, -0.25) is 4.79 Å². The highest BCUT2D eigenvalue weighted by molar-refractivity contribution is 5.81. The monoisotopic (exact) mass is 233 g/mol. The van der Waals surface area contributed by atoms with Crippen LogP contribution in [-0.2, 0) is 4.79 Å². The van der Waals surface area contributed by atoms with Crippen LogP contribution in [0.5, 0.6) is 5.75 Å². The zero-order valence-corrected chi connectivity index (χ0v) is 10.6. The van der Waals surface area contributed by atoms with Crippen molar-refractivity contribution in [3.63, 3.8) is 0 Å². The normalized spacial score (nSPS) is 16.4. The van der Waals surface area contributed by atoms with E-state index in [-0.39, 0.29) is 5.91 Å². The summed E-state index contributed by atoms with van der Waals surface area (Å²) in [5.41, 5.74) is 2.20. The van der Waals surface area contributed by atoms with Crippen LogP contribution in [0.4, 0.5) is 0 Å². The summed E-state index contributed by atoms with van der Waals surface area (Å²) in [7, 11) is 0. The largest absolute Gasteiger partial charge is 0.481 e. The molecular formula is C14H19NO2. The quantitative estimate of drug-likeness (QED) is 0.867. The van der Waals surface area contributed by atoms with Crippen LogP contribution in [0.15, 0.2) is 18.2 Å². The Morgan fingerprint density at radius 1 is 1.41 bits per heavy atom. The summed E-state index contributed by atoms with van der Waals surface area (Å²) in [4.78, 5) is 11.8. The lowest BCUT2D eigenvalue weighted by Gasteiger charge is -2.16. The van der Waals surface area contributed by atoms with E-state index in [1.807, 2.05) is 32.0 Å². The van der Waals surface area contributed by atoms with Crippen molar-refractivity contribution in [1.82, 2.24) is 5.32 Å². The van der Waals surface area contributed by atoms with Gasteiger partial charge in [0.25, 0.3) is 5.91 Å². The average molecular weight is 233 g/mol. The fraction of sp³-hybridized carbons (Fsp3) is 0.500. The molecule has 1 N–H and O–H groups in total. The molecular weight excluding hydrogens is 214 g/mol. The van der Waals surface area contributed by atoms with Crippen LogP contribution in [0.1, 0.15) is 30.9 Å². The molecule has 1 aliphatic carbocycles. The molecule has 0 bridgehead atoms. The summed E-state index contributed by atoms with van der Waals surface area (Å²) in [6.45, 7) is 5.79. The zero-order valence-electron chi connectivity index (χ0n) is 10.6. The fourth-order valence-corrected chi connectivity index (χ4v) is 1.62. The Balaban J connectivity index is 1.98. The van der Waals surface area contributed by atoms with Crippen molar-refractivity contribution in [2.45, 2.75) is 45.8 Å². The molecule has 3 nitrogen and oxygen atoms in total. The van der Waals surface area contributed by atoms with Gasteiger partial charge in [-0.25, -0.2) is 0 Å². The lowest BCUT2D eigenvalue weighted by atomic mass is 10.1. The number of aryl methyl sites for hydroxylation is 2. The number of hydrogen-bond donors (Lipinski definition) is 1. The molecule has 1 fully saturated rings. The number of rotatable bonds is 4. The molecule has 0 saturated heterocycles. The van der Waals surface area contributed by atoms with Gasteiger partial charge in [-0.05, 0) is 50.8 Å². The second-order valence-electron chi connectivity index (χ2n) is 4.81. The minimum Gasteiger partial charge on any atom is -0.481 e. The molecule has 1 aromatic carbocycles. The van der Waals surface area contributed by atoms with E-state index in [1.54, 1.807) is 6.92 Å². The van der Waals surface area contributed by atoms with Gasteiger partial charge in [0.2, 0.25) is 0 Å². The van der Waals surface area contributed by atoms with Crippen LogP contribution in [-0.4, -0.2) is 18.1 Å². The number of carbonyl (C=O) groups is 1.